The quantitative estimate of drug-likeness (QED) is 0.735. The summed E-state index contributed by atoms with van der Waals surface area (Å²) in [6.07, 6.45) is 0. The summed E-state index contributed by atoms with van der Waals surface area (Å²) in [6.45, 7) is 0. The Balaban J connectivity index is 1.96. The molecule has 0 fully saturated rings. The molecule has 3 aromatic rings. The molecule has 0 aliphatic rings. The number of benzene rings is 2. The first-order valence-corrected chi connectivity index (χ1v) is 8.04. The molecule has 2 aromatic carbocycles. The Hall–Kier alpha value is -2.24. The van der Waals surface area contributed by atoms with Crippen LogP contribution in [-0.4, -0.2) is 20.1 Å². The normalized spacial score (nSPS) is 10.6. The van der Waals surface area contributed by atoms with Gasteiger partial charge in [-0.15, -0.1) is 11.3 Å². The zero-order valence-electron chi connectivity index (χ0n) is 12.6. The predicted octanol–water partition coefficient (Wildman–Crippen LogP) is 4.82. The third-order valence-electron chi connectivity index (χ3n) is 3.40. The van der Waals surface area contributed by atoms with E-state index in [1.165, 1.54) is 11.3 Å². The number of rotatable bonds is 4. The number of carbonyl (C=O) groups is 1. The number of hydrogen-bond acceptors (Lipinski definition) is 4. The number of hydrogen-bond donors (Lipinski definition) is 1. The molecular formula is C17H14ClNO3S. The molecule has 1 N–H and O–H groups in total. The minimum Gasteiger partial charge on any atom is -0.497 e. The van der Waals surface area contributed by atoms with Crippen molar-refractivity contribution >= 4 is 44.6 Å². The molecule has 1 aromatic heterocycles. The highest BCUT2D eigenvalue weighted by Crippen LogP contribution is 2.38. The Morgan fingerprint density at radius 1 is 1.13 bits per heavy atom. The van der Waals surface area contributed by atoms with Gasteiger partial charge in [0.2, 0.25) is 0 Å². The number of fused-ring (bicyclic) bond motifs is 1. The Labute approximate surface area is 142 Å². The molecule has 0 atom stereocenters. The smallest absolute Gasteiger partial charge is 0.267 e. The van der Waals surface area contributed by atoms with Crippen LogP contribution in [0.5, 0.6) is 11.5 Å². The van der Waals surface area contributed by atoms with Gasteiger partial charge in [0.25, 0.3) is 5.91 Å². The molecule has 0 saturated carbocycles. The maximum atomic E-state index is 12.6. The molecule has 4 nitrogen and oxygen atoms in total. The molecule has 0 spiro atoms. The fourth-order valence-corrected chi connectivity index (χ4v) is 3.63. The molecule has 0 radical (unpaired) electrons. The number of thiophene rings is 1. The summed E-state index contributed by atoms with van der Waals surface area (Å²) in [5.74, 6) is 1.04. The van der Waals surface area contributed by atoms with Gasteiger partial charge < -0.3 is 14.8 Å². The third kappa shape index (κ3) is 2.98. The highest BCUT2D eigenvalue weighted by Gasteiger charge is 2.18. The highest BCUT2D eigenvalue weighted by atomic mass is 35.5. The first-order valence-electron chi connectivity index (χ1n) is 6.84. The molecule has 1 amide bonds. The molecule has 23 heavy (non-hydrogen) atoms. The van der Waals surface area contributed by atoms with Gasteiger partial charge in [0.05, 0.1) is 24.9 Å². The lowest BCUT2D eigenvalue weighted by atomic mass is 10.2. The number of carbonyl (C=O) groups excluding carboxylic acids is 1. The second-order valence-corrected chi connectivity index (χ2v) is 6.19. The van der Waals surface area contributed by atoms with E-state index >= 15 is 0 Å². The lowest BCUT2D eigenvalue weighted by Crippen LogP contribution is -2.11. The van der Waals surface area contributed by atoms with Crippen LogP contribution in [0.1, 0.15) is 9.67 Å². The Morgan fingerprint density at radius 3 is 2.65 bits per heavy atom. The number of halogens is 1. The summed E-state index contributed by atoms with van der Waals surface area (Å²) in [4.78, 5) is 13.0. The number of methoxy groups -OCH3 is 2. The number of nitrogens with one attached hydrogen (secondary N) is 1. The largest absolute Gasteiger partial charge is 0.497 e. The monoisotopic (exact) mass is 347 g/mol. The van der Waals surface area contributed by atoms with Crippen molar-refractivity contribution in [2.75, 3.05) is 19.5 Å². The summed E-state index contributed by atoms with van der Waals surface area (Å²) in [7, 11) is 3.15. The van der Waals surface area contributed by atoms with Crippen molar-refractivity contribution in [1.29, 1.82) is 0 Å². The fraction of sp³-hybridized carbons (Fsp3) is 0.118. The lowest BCUT2D eigenvalue weighted by molar-refractivity contribution is 0.103. The maximum Gasteiger partial charge on any atom is 0.267 e. The van der Waals surface area contributed by atoms with Crippen LogP contribution in [-0.2, 0) is 0 Å². The van der Waals surface area contributed by atoms with E-state index in [9.17, 15) is 4.79 Å². The van der Waals surface area contributed by atoms with Crippen molar-refractivity contribution in [2.24, 2.45) is 0 Å². The Bertz CT molecular complexity index is 875. The molecule has 0 saturated heterocycles. The van der Waals surface area contributed by atoms with Crippen molar-refractivity contribution in [3.8, 4) is 11.5 Å². The van der Waals surface area contributed by atoms with Crippen LogP contribution in [0.15, 0.2) is 42.5 Å². The lowest BCUT2D eigenvalue weighted by Gasteiger charge is -2.09. The first-order chi connectivity index (χ1) is 11.1. The predicted molar refractivity (Wildman–Crippen MR) is 94.3 cm³/mol. The minimum absolute atomic E-state index is 0.264. The van der Waals surface area contributed by atoms with E-state index in [4.69, 9.17) is 21.1 Å². The van der Waals surface area contributed by atoms with Crippen LogP contribution in [0.25, 0.3) is 10.1 Å². The third-order valence-corrected chi connectivity index (χ3v) is 5.07. The van der Waals surface area contributed by atoms with Gasteiger partial charge in [-0.3, -0.25) is 4.79 Å². The fourth-order valence-electron chi connectivity index (χ4n) is 2.25. The number of anilines is 1. The van der Waals surface area contributed by atoms with Gasteiger partial charge in [-0.05, 0) is 30.3 Å². The average molecular weight is 348 g/mol. The van der Waals surface area contributed by atoms with Crippen molar-refractivity contribution in [3.05, 3.63) is 52.4 Å². The molecule has 3 rings (SSSR count). The van der Waals surface area contributed by atoms with Crippen LogP contribution in [0.4, 0.5) is 5.69 Å². The second-order valence-electron chi connectivity index (χ2n) is 4.76. The summed E-state index contributed by atoms with van der Waals surface area (Å²) < 4.78 is 11.4. The molecule has 0 aliphatic heterocycles. The Kier molecular flexibility index (Phi) is 4.41. The summed E-state index contributed by atoms with van der Waals surface area (Å²) in [5, 5.41) is 4.07. The van der Waals surface area contributed by atoms with E-state index in [1.54, 1.807) is 26.4 Å². The van der Waals surface area contributed by atoms with Gasteiger partial charge in [-0.2, -0.15) is 0 Å². The van der Waals surface area contributed by atoms with Crippen LogP contribution >= 0.6 is 22.9 Å². The zero-order valence-corrected chi connectivity index (χ0v) is 14.1. The van der Waals surface area contributed by atoms with E-state index in [-0.39, 0.29) is 5.91 Å². The van der Waals surface area contributed by atoms with E-state index in [1.807, 2.05) is 30.3 Å². The molecule has 118 valence electrons. The van der Waals surface area contributed by atoms with Crippen LogP contribution in [0.2, 0.25) is 5.02 Å². The number of amides is 1. The average Bonchev–Trinajstić information content (AvgIpc) is 2.91. The van der Waals surface area contributed by atoms with Gasteiger partial charge in [0.1, 0.15) is 16.4 Å². The van der Waals surface area contributed by atoms with E-state index < -0.39 is 0 Å². The topological polar surface area (TPSA) is 47.6 Å². The molecule has 0 aliphatic carbocycles. The van der Waals surface area contributed by atoms with Crippen LogP contribution in [0.3, 0.4) is 0 Å². The molecule has 6 heteroatoms. The second kappa shape index (κ2) is 6.48. The SMILES string of the molecule is COc1ccc2sc(C(=O)Nc3ccccc3OC)c(Cl)c2c1. The van der Waals surface area contributed by atoms with Gasteiger partial charge in [-0.25, -0.2) is 0 Å². The number of ether oxygens (including phenoxy) is 2. The van der Waals surface area contributed by atoms with Crippen LogP contribution in [0, 0.1) is 0 Å². The van der Waals surface area contributed by atoms with Crippen LogP contribution < -0.4 is 14.8 Å². The van der Waals surface area contributed by atoms with Crippen molar-refractivity contribution < 1.29 is 14.3 Å². The van der Waals surface area contributed by atoms with Gasteiger partial charge >= 0.3 is 0 Å². The molecular weight excluding hydrogens is 334 g/mol. The maximum absolute atomic E-state index is 12.6. The molecule has 0 unspecified atom stereocenters. The standard InChI is InChI=1S/C17H14ClNO3S/c1-21-10-7-8-14-11(9-10)15(18)16(23-14)17(20)19-12-5-3-4-6-13(12)22-2/h3-9H,1-2H3,(H,19,20). The zero-order chi connectivity index (χ0) is 16.4. The molecule has 1 heterocycles. The van der Waals surface area contributed by atoms with Gasteiger partial charge in [0, 0.05) is 10.1 Å². The van der Waals surface area contributed by atoms with Gasteiger partial charge in [0.15, 0.2) is 0 Å². The van der Waals surface area contributed by atoms with Gasteiger partial charge in [-0.1, -0.05) is 23.7 Å². The van der Waals surface area contributed by atoms with E-state index in [2.05, 4.69) is 5.32 Å². The summed E-state index contributed by atoms with van der Waals surface area (Å²) in [5.41, 5.74) is 0.603. The number of para-hydroxylation sites is 2. The summed E-state index contributed by atoms with van der Waals surface area (Å²) >= 11 is 7.73. The van der Waals surface area contributed by atoms with Crippen molar-refractivity contribution in [2.45, 2.75) is 0 Å². The van der Waals surface area contributed by atoms with E-state index in [0.717, 1.165) is 10.1 Å². The van der Waals surface area contributed by atoms with Crippen molar-refractivity contribution in [1.82, 2.24) is 0 Å². The minimum atomic E-state index is -0.264. The summed E-state index contributed by atoms with van der Waals surface area (Å²) in [6, 6.07) is 12.8. The Morgan fingerprint density at radius 2 is 1.91 bits per heavy atom. The first kappa shape index (κ1) is 15.6. The highest BCUT2D eigenvalue weighted by molar-refractivity contribution is 7.21. The van der Waals surface area contributed by atoms with E-state index in [0.29, 0.717) is 27.1 Å². The molecule has 0 bridgehead atoms. The van der Waals surface area contributed by atoms with Crippen molar-refractivity contribution in [3.63, 3.8) is 0 Å².